The first kappa shape index (κ1) is 12.7. The molecule has 0 radical (unpaired) electrons. The molecule has 1 heterocycles. The van der Waals surface area contributed by atoms with Crippen LogP contribution in [0.15, 0.2) is 11.6 Å². The van der Waals surface area contributed by atoms with Gasteiger partial charge >= 0.3 is 0 Å². The Balaban J connectivity index is 2.09. The summed E-state index contributed by atoms with van der Waals surface area (Å²) in [5.41, 5.74) is 1.46. The molecule has 0 atom stereocenters. The highest BCUT2D eigenvalue weighted by Crippen LogP contribution is 2.11. The van der Waals surface area contributed by atoms with E-state index in [1.54, 1.807) is 7.11 Å². The van der Waals surface area contributed by atoms with Crippen LogP contribution < -0.4 is 5.32 Å². The van der Waals surface area contributed by atoms with Gasteiger partial charge in [-0.1, -0.05) is 6.08 Å². The number of nitrogens with one attached hydrogen (secondary N) is 1. The van der Waals surface area contributed by atoms with Crippen molar-refractivity contribution in [1.82, 2.24) is 10.2 Å². The first-order valence-electron chi connectivity index (χ1n) is 5.90. The molecule has 1 N–H and O–H groups in total. The van der Waals surface area contributed by atoms with E-state index in [0.717, 1.165) is 19.7 Å². The average Bonchev–Trinajstić information content (AvgIpc) is 2.27. The molecule has 0 spiro atoms. The Hall–Kier alpha value is -0.380. The van der Waals surface area contributed by atoms with Crippen LogP contribution in [0.5, 0.6) is 0 Å². The minimum Gasteiger partial charge on any atom is -0.380 e. The third-order valence-electron chi connectivity index (χ3n) is 2.87. The van der Waals surface area contributed by atoms with Crippen molar-refractivity contribution < 1.29 is 4.74 Å². The molecular weight excluding hydrogens is 188 g/mol. The molecule has 0 bridgehead atoms. The van der Waals surface area contributed by atoms with E-state index >= 15 is 0 Å². The van der Waals surface area contributed by atoms with Gasteiger partial charge in [-0.2, -0.15) is 0 Å². The molecule has 0 saturated carbocycles. The predicted molar refractivity (Wildman–Crippen MR) is 64.2 cm³/mol. The summed E-state index contributed by atoms with van der Waals surface area (Å²) in [6.07, 6.45) is 6.08. The Morgan fingerprint density at radius 2 is 2.33 bits per heavy atom. The van der Waals surface area contributed by atoms with Gasteiger partial charge < -0.3 is 10.1 Å². The van der Waals surface area contributed by atoms with E-state index in [9.17, 15) is 0 Å². The van der Waals surface area contributed by atoms with Gasteiger partial charge in [0.2, 0.25) is 0 Å². The lowest BCUT2D eigenvalue weighted by molar-refractivity contribution is 0.211. The molecular formula is C12H24N2O. The van der Waals surface area contributed by atoms with Crippen molar-refractivity contribution in [3.8, 4) is 0 Å². The molecule has 0 amide bonds. The smallest absolute Gasteiger partial charge is 0.0673 e. The maximum Gasteiger partial charge on any atom is 0.0673 e. The first-order valence-corrected chi connectivity index (χ1v) is 5.90. The molecule has 0 aliphatic carbocycles. The summed E-state index contributed by atoms with van der Waals surface area (Å²) < 4.78 is 5.13. The SMILES string of the molecule is CNCCCCN1CC=C(COC)CC1. The lowest BCUT2D eigenvalue weighted by Gasteiger charge is -2.26. The molecule has 0 aromatic heterocycles. The lowest BCUT2D eigenvalue weighted by Crippen LogP contribution is -2.30. The van der Waals surface area contributed by atoms with Crippen LogP contribution in [-0.2, 0) is 4.74 Å². The molecule has 15 heavy (non-hydrogen) atoms. The van der Waals surface area contributed by atoms with Crippen LogP contribution in [0.2, 0.25) is 0 Å². The van der Waals surface area contributed by atoms with Crippen LogP contribution in [0.4, 0.5) is 0 Å². The Bertz CT molecular complexity index is 192. The Kier molecular flexibility index (Phi) is 6.64. The third-order valence-corrected chi connectivity index (χ3v) is 2.87. The summed E-state index contributed by atoms with van der Waals surface area (Å²) >= 11 is 0. The largest absolute Gasteiger partial charge is 0.380 e. The van der Waals surface area contributed by atoms with E-state index in [0.29, 0.717) is 0 Å². The second kappa shape index (κ2) is 7.85. The van der Waals surface area contributed by atoms with E-state index in [1.165, 1.54) is 37.9 Å². The van der Waals surface area contributed by atoms with Crippen molar-refractivity contribution in [2.24, 2.45) is 0 Å². The fourth-order valence-electron chi connectivity index (χ4n) is 1.91. The van der Waals surface area contributed by atoms with E-state index in [4.69, 9.17) is 4.74 Å². The number of nitrogens with zero attached hydrogens (tertiary/aromatic N) is 1. The van der Waals surface area contributed by atoms with Crippen LogP contribution in [-0.4, -0.2) is 51.8 Å². The van der Waals surface area contributed by atoms with Crippen LogP contribution in [0, 0.1) is 0 Å². The number of hydrogen-bond acceptors (Lipinski definition) is 3. The third kappa shape index (κ3) is 5.30. The highest BCUT2D eigenvalue weighted by Gasteiger charge is 2.10. The highest BCUT2D eigenvalue weighted by atomic mass is 16.5. The first-order chi connectivity index (χ1) is 7.36. The molecule has 0 fully saturated rings. The molecule has 88 valence electrons. The van der Waals surface area contributed by atoms with Crippen molar-refractivity contribution in [2.45, 2.75) is 19.3 Å². The number of methoxy groups -OCH3 is 1. The van der Waals surface area contributed by atoms with Crippen LogP contribution in [0.3, 0.4) is 0 Å². The lowest BCUT2D eigenvalue weighted by atomic mass is 10.1. The van der Waals surface area contributed by atoms with Crippen molar-refractivity contribution in [2.75, 3.05) is 46.9 Å². The summed E-state index contributed by atoms with van der Waals surface area (Å²) in [6.45, 7) is 5.50. The topological polar surface area (TPSA) is 24.5 Å². The summed E-state index contributed by atoms with van der Waals surface area (Å²) in [4.78, 5) is 2.52. The number of unbranched alkanes of at least 4 members (excludes halogenated alkanes) is 1. The van der Waals surface area contributed by atoms with Crippen LogP contribution >= 0.6 is 0 Å². The summed E-state index contributed by atoms with van der Waals surface area (Å²) in [6, 6.07) is 0. The second-order valence-electron chi connectivity index (χ2n) is 4.16. The maximum atomic E-state index is 5.13. The number of ether oxygens (including phenoxy) is 1. The van der Waals surface area contributed by atoms with Gasteiger partial charge in [0, 0.05) is 20.2 Å². The predicted octanol–water partition coefficient (Wildman–Crippen LogP) is 1.26. The van der Waals surface area contributed by atoms with Crippen molar-refractivity contribution in [1.29, 1.82) is 0 Å². The minimum atomic E-state index is 0.813. The number of rotatable bonds is 7. The molecule has 3 heteroatoms. The second-order valence-corrected chi connectivity index (χ2v) is 4.16. The van der Waals surface area contributed by atoms with Gasteiger partial charge in [-0.05, 0) is 45.0 Å². The van der Waals surface area contributed by atoms with E-state index in [-0.39, 0.29) is 0 Å². The standard InChI is InChI=1S/C12H24N2O/c1-13-7-3-4-8-14-9-5-12(6-10-14)11-15-2/h5,13H,3-4,6-11H2,1-2H3. The van der Waals surface area contributed by atoms with E-state index in [2.05, 4.69) is 16.3 Å². The Labute approximate surface area is 93.5 Å². The molecule has 1 aliphatic rings. The summed E-state index contributed by atoms with van der Waals surface area (Å²) in [5, 5.41) is 3.18. The van der Waals surface area contributed by atoms with Crippen LogP contribution in [0.1, 0.15) is 19.3 Å². The fraction of sp³-hybridized carbons (Fsp3) is 0.833. The van der Waals surface area contributed by atoms with Gasteiger partial charge in [-0.3, -0.25) is 4.90 Å². The van der Waals surface area contributed by atoms with E-state index < -0.39 is 0 Å². The van der Waals surface area contributed by atoms with Gasteiger partial charge in [0.25, 0.3) is 0 Å². The van der Waals surface area contributed by atoms with E-state index in [1.807, 2.05) is 7.05 Å². The molecule has 1 aliphatic heterocycles. The average molecular weight is 212 g/mol. The van der Waals surface area contributed by atoms with Gasteiger partial charge in [-0.25, -0.2) is 0 Å². The summed E-state index contributed by atoms with van der Waals surface area (Å²) in [5.74, 6) is 0. The Morgan fingerprint density at radius 1 is 1.47 bits per heavy atom. The van der Waals surface area contributed by atoms with Crippen molar-refractivity contribution in [3.05, 3.63) is 11.6 Å². The number of hydrogen-bond donors (Lipinski definition) is 1. The summed E-state index contributed by atoms with van der Waals surface area (Å²) in [7, 11) is 3.78. The monoisotopic (exact) mass is 212 g/mol. The normalized spacial score (nSPS) is 17.9. The molecule has 0 aromatic rings. The van der Waals surface area contributed by atoms with Gasteiger partial charge in [0.15, 0.2) is 0 Å². The zero-order chi connectivity index (χ0) is 10.9. The van der Waals surface area contributed by atoms with Crippen molar-refractivity contribution >= 4 is 0 Å². The maximum absolute atomic E-state index is 5.13. The molecule has 0 unspecified atom stereocenters. The zero-order valence-corrected chi connectivity index (χ0v) is 10.1. The highest BCUT2D eigenvalue weighted by molar-refractivity contribution is 5.07. The molecule has 3 nitrogen and oxygen atoms in total. The van der Waals surface area contributed by atoms with Gasteiger partial charge in [0.1, 0.15) is 0 Å². The van der Waals surface area contributed by atoms with Crippen LogP contribution in [0.25, 0.3) is 0 Å². The Morgan fingerprint density at radius 3 is 2.93 bits per heavy atom. The molecule has 0 aromatic carbocycles. The minimum absolute atomic E-state index is 0.813. The zero-order valence-electron chi connectivity index (χ0n) is 10.1. The fourth-order valence-corrected chi connectivity index (χ4v) is 1.91. The molecule has 0 saturated heterocycles. The van der Waals surface area contributed by atoms with Gasteiger partial charge in [0.05, 0.1) is 6.61 Å². The quantitative estimate of drug-likeness (QED) is 0.508. The van der Waals surface area contributed by atoms with Gasteiger partial charge in [-0.15, -0.1) is 0 Å². The molecule has 1 rings (SSSR count). The van der Waals surface area contributed by atoms with Crippen molar-refractivity contribution in [3.63, 3.8) is 0 Å².